The number of halogens is 1. The molecule has 0 saturated carbocycles. The molecule has 172 valence electrons. The Labute approximate surface area is 191 Å². The van der Waals surface area contributed by atoms with Gasteiger partial charge in [0.05, 0.1) is 5.56 Å². The number of nitrogens with one attached hydrogen (secondary N) is 2. The zero-order chi connectivity index (χ0) is 23.5. The quantitative estimate of drug-likeness (QED) is 0.619. The first-order valence-corrected chi connectivity index (χ1v) is 10.9. The van der Waals surface area contributed by atoms with E-state index >= 15 is 0 Å². The SMILES string of the molecule is CCNC(=O)N1CCc2cc(F)c(C(=O)Nc3cccc(-c4nncn4C(C)C)n3)cc2C1. The molecule has 0 radical (unpaired) electrons. The number of pyridine rings is 1. The van der Waals surface area contributed by atoms with E-state index in [1.165, 1.54) is 12.1 Å². The third-order valence-corrected chi connectivity index (χ3v) is 5.51. The zero-order valence-electron chi connectivity index (χ0n) is 18.8. The van der Waals surface area contributed by atoms with Crippen LogP contribution in [0.15, 0.2) is 36.7 Å². The molecule has 1 aliphatic heterocycles. The van der Waals surface area contributed by atoms with Crippen LogP contribution in [-0.4, -0.2) is 49.7 Å². The molecule has 0 bridgehead atoms. The number of urea groups is 1. The first-order valence-electron chi connectivity index (χ1n) is 10.9. The molecule has 4 rings (SSSR count). The lowest BCUT2D eigenvalue weighted by atomic mass is 9.96. The highest BCUT2D eigenvalue weighted by atomic mass is 19.1. The number of hydrogen-bond donors (Lipinski definition) is 2. The van der Waals surface area contributed by atoms with Crippen molar-refractivity contribution in [2.24, 2.45) is 0 Å². The third-order valence-electron chi connectivity index (χ3n) is 5.51. The van der Waals surface area contributed by atoms with E-state index in [1.54, 1.807) is 29.4 Å². The van der Waals surface area contributed by atoms with Crippen LogP contribution in [0, 0.1) is 5.82 Å². The summed E-state index contributed by atoms with van der Waals surface area (Å²) in [6, 6.07) is 8.01. The molecule has 3 aromatic rings. The highest BCUT2D eigenvalue weighted by Crippen LogP contribution is 2.24. The van der Waals surface area contributed by atoms with Crippen LogP contribution in [0.4, 0.5) is 15.0 Å². The Bertz CT molecular complexity index is 1190. The fourth-order valence-corrected chi connectivity index (χ4v) is 3.81. The second-order valence-corrected chi connectivity index (χ2v) is 8.13. The van der Waals surface area contributed by atoms with Crippen LogP contribution in [0.1, 0.15) is 48.3 Å². The van der Waals surface area contributed by atoms with Gasteiger partial charge in [0.2, 0.25) is 0 Å². The predicted octanol–water partition coefficient (Wildman–Crippen LogP) is 3.40. The highest BCUT2D eigenvalue weighted by Gasteiger charge is 2.24. The maximum Gasteiger partial charge on any atom is 0.317 e. The van der Waals surface area contributed by atoms with E-state index in [0.717, 1.165) is 11.1 Å². The summed E-state index contributed by atoms with van der Waals surface area (Å²) in [7, 11) is 0. The van der Waals surface area contributed by atoms with Gasteiger partial charge >= 0.3 is 6.03 Å². The van der Waals surface area contributed by atoms with Crippen LogP contribution in [0.2, 0.25) is 0 Å². The summed E-state index contributed by atoms with van der Waals surface area (Å²) in [5, 5.41) is 13.5. The average molecular weight is 452 g/mol. The van der Waals surface area contributed by atoms with Crippen molar-refractivity contribution in [1.82, 2.24) is 30.0 Å². The van der Waals surface area contributed by atoms with E-state index in [4.69, 9.17) is 0 Å². The van der Waals surface area contributed by atoms with Gasteiger partial charge in [-0.3, -0.25) is 4.79 Å². The minimum atomic E-state index is -0.611. The van der Waals surface area contributed by atoms with E-state index in [0.29, 0.717) is 37.6 Å². The number of carbonyl (C=O) groups is 2. The molecule has 2 aromatic heterocycles. The minimum Gasteiger partial charge on any atom is -0.338 e. The van der Waals surface area contributed by atoms with Gasteiger partial charge in [0.25, 0.3) is 5.91 Å². The molecular formula is C23H26FN7O2. The van der Waals surface area contributed by atoms with Gasteiger partial charge in [-0.25, -0.2) is 14.2 Å². The number of rotatable bonds is 5. The van der Waals surface area contributed by atoms with Gasteiger partial charge in [-0.05, 0) is 62.6 Å². The Morgan fingerprint density at radius 1 is 1.21 bits per heavy atom. The smallest absolute Gasteiger partial charge is 0.317 e. The van der Waals surface area contributed by atoms with Crippen LogP contribution in [0.5, 0.6) is 0 Å². The number of aromatic nitrogens is 4. The Morgan fingerprint density at radius 2 is 2.03 bits per heavy atom. The molecule has 9 nitrogen and oxygen atoms in total. The summed E-state index contributed by atoms with van der Waals surface area (Å²) in [4.78, 5) is 31.2. The molecule has 2 N–H and O–H groups in total. The van der Waals surface area contributed by atoms with E-state index in [-0.39, 0.29) is 23.5 Å². The summed E-state index contributed by atoms with van der Waals surface area (Å²) in [6.45, 7) is 7.21. The molecule has 0 atom stereocenters. The van der Waals surface area contributed by atoms with Crippen molar-refractivity contribution in [3.05, 3.63) is 59.2 Å². The number of carbonyl (C=O) groups excluding carboxylic acids is 2. The molecule has 10 heteroatoms. The van der Waals surface area contributed by atoms with E-state index in [2.05, 4.69) is 25.8 Å². The lowest BCUT2D eigenvalue weighted by Crippen LogP contribution is -2.42. The van der Waals surface area contributed by atoms with Crippen LogP contribution >= 0.6 is 0 Å². The largest absolute Gasteiger partial charge is 0.338 e. The summed E-state index contributed by atoms with van der Waals surface area (Å²) in [5.41, 5.74) is 2.01. The summed E-state index contributed by atoms with van der Waals surface area (Å²) < 4.78 is 16.6. The van der Waals surface area contributed by atoms with Crippen molar-refractivity contribution in [2.45, 2.75) is 39.8 Å². The Kier molecular flexibility index (Phi) is 6.34. The summed E-state index contributed by atoms with van der Waals surface area (Å²) >= 11 is 0. The van der Waals surface area contributed by atoms with Gasteiger partial charge in [-0.2, -0.15) is 0 Å². The molecule has 3 amide bonds. The molecule has 0 unspecified atom stereocenters. The molecule has 33 heavy (non-hydrogen) atoms. The van der Waals surface area contributed by atoms with Gasteiger partial charge in [0.1, 0.15) is 23.7 Å². The Morgan fingerprint density at radius 3 is 2.79 bits per heavy atom. The number of anilines is 1. The average Bonchev–Trinajstić information content (AvgIpc) is 3.29. The molecule has 1 aliphatic rings. The van der Waals surface area contributed by atoms with Crippen molar-refractivity contribution in [3.8, 4) is 11.5 Å². The first kappa shape index (κ1) is 22.4. The van der Waals surface area contributed by atoms with Gasteiger partial charge < -0.3 is 20.1 Å². The highest BCUT2D eigenvalue weighted by molar-refractivity contribution is 6.04. The Hall–Kier alpha value is -3.82. The van der Waals surface area contributed by atoms with E-state index in [9.17, 15) is 14.0 Å². The fourth-order valence-electron chi connectivity index (χ4n) is 3.81. The van der Waals surface area contributed by atoms with Crippen molar-refractivity contribution in [2.75, 3.05) is 18.4 Å². The second kappa shape index (κ2) is 9.35. The van der Waals surface area contributed by atoms with Crippen molar-refractivity contribution in [1.29, 1.82) is 0 Å². The number of hydrogen-bond acceptors (Lipinski definition) is 5. The topological polar surface area (TPSA) is 105 Å². The molecule has 0 fully saturated rings. The summed E-state index contributed by atoms with van der Waals surface area (Å²) in [5.74, 6) is -0.364. The molecule has 1 aromatic carbocycles. The van der Waals surface area contributed by atoms with Crippen LogP contribution in [0.3, 0.4) is 0 Å². The monoisotopic (exact) mass is 451 g/mol. The number of nitrogens with zero attached hydrogens (tertiary/aromatic N) is 5. The normalized spacial score (nSPS) is 13.1. The van der Waals surface area contributed by atoms with E-state index < -0.39 is 11.7 Å². The maximum absolute atomic E-state index is 14.8. The van der Waals surface area contributed by atoms with Crippen molar-refractivity contribution < 1.29 is 14.0 Å². The lowest BCUT2D eigenvalue weighted by Gasteiger charge is -2.29. The maximum atomic E-state index is 14.8. The molecule has 0 aliphatic carbocycles. The minimum absolute atomic E-state index is 0.0935. The molecule has 3 heterocycles. The van der Waals surface area contributed by atoms with Gasteiger partial charge in [-0.1, -0.05) is 6.07 Å². The second-order valence-electron chi connectivity index (χ2n) is 8.13. The molecule has 0 spiro atoms. The first-order chi connectivity index (χ1) is 15.9. The molecule has 0 saturated heterocycles. The Balaban J connectivity index is 1.55. The zero-order valence-corrected chi connectivity index (χ0v) is 18.8. The molecular weight excluding hydrogens is 425 g/mol. The fraction of sp³-hybridized carbons (Fsp3) is 0.348. The van der Waals surface area contributed by atoms with Gasteiger partial charge in [0, 0.05) is 25.7 Å². The van der Waals surface area contributed by atoms with Gasteiger partial charge in [0.15, 0.2) is 5.82 Å². The van der Waals surface area contributed by atoms with Crippen LogP contribution in [0.25, 0.3) is 11.5 Å². The van der Waals surface area contributed by atoms with Crippen molar-refractivity contribution in [3.63, 3.8) is 0 Å². The van der Waals surface area contributed by atoms with Crippen molar-refractivity contribution >= 4 is 17.8 Å². The number of benzene rings is 1. The number of fused-ring (bicyclic) bond motifs is 1. The van der Waals surface area contributed by atoms with E-state index in [1.807, 2.05) is 25.3 Å². The summed E-state index contributed by atoms with van der Waals surface area (Å²) in [6.07, 6.45) is 2.16. The lowest BCUT2D eigenvalue weighted by molar-refractivity contribution is 0.102. The predicted molar refractivity (Wildman–Crippen MR) is 121 cm³/mol. The third kappa shape index (κ3) is 4.69. The number of amides is 3. The van der Waals surface area contributed by atoms with Gasteiger partial charge in [-0.15, -0.1) is 10.2 Å². The standard InChI is InChI=1S/C23H26FN7O2/c1-4-25-23(33)30-9-8-15-11-18(24)17(10-16(15)12-30)22(32)28-20-7-5-6-19(27-20)21-29-26-13-31(21)14(2)3/h5-7,10-11,13-14H,4,8-9,12H2,1-3H3,(H,25,33)(H,27,28,32). The van der Waals surface area contributed by atoms with Crippen LogP contribution in [-0.2, 0) is 13.0 Å². The van der Waals surface area contributed by atoms with Crippen LogP contribution < -0.4 is 10.6 Å².